The Bertz CT molecular complexity index is 571. The minimum atomic E-state index is -0.735. The molecule has 0 saturated heterocycles. The molecule has 0 fully saturated rings. The molecule has 0 aromatic heterocycles. The van der Waals surface area contributed by atoms with E-state index in [1.807, 2.05) is 36.4 Å². The molecule has 0 radical (unpaired) electrons. The van der Waals surface area contributed by atoms with E-state index in [1.54, 1.807) is 6.08 Å². The van der Waals surface area contributed by atoms with Gasteiger partial charge in [-0.25, -0.2) is 4.79 Å². The highest BCUT2D eigenvalue weighted by Gasteiger charge is 2.21. The van der Waals surface area contributed by atoms with Gasteiger partial charge in [0.15, 0.2) is 0 Å². The highest BCUT2D eigenvalue weighted by Crippen LogP contribution is 2.05. The average Bonchev–Trinajstić information content (AvgIpc) is 2.34. The van der Waals surface area contributed by atoms with Gasteiger partial charge in [0.2, 0.25) is 0 Å². The van der Waals surface area contributed by atoms with Crippen molar-refractivity contribution in [2.75, 3.05) is 0 Å². The number of nitrogens with two attached hydrogens (primary N) is 1. The van der Waals surface area contributed by atoms with Crippen molar-refractivity contribution in [1.82, 2.24) is 5.32 Å². The second kappa shape index (κ2) is 5.09. The lowest BCUT2D eigenvalue weighted by Gasteiger charge is -2.10. The summed E-state index contributed by atoms with van der Waals surface area (Å²) in [5, 5.41) is 2.06. The summed E-state index contributed by atoms with van der Waals surface area (Å²) in [6.07, 6.45) is 5.03. The molecule has 5 heteroatoms. The topological polar surface area (TPSA) is 84.5 Å². The van der Waals surface area contributed by atoms with Crippen molar-refractivity contribution in [3.05, 3.63) is 53.6 Å². The molecule has 1 aliphatic rings. The molecule has 18 heavy (non-hydrogen) atoms. The highest BCUT2D eigenvalue weighted by molar-refractivity contribution is 6.28. The van der Waals surface area contributed by atoms with Crippen LogP contribution in [0.1, 0.15) is 5.56 Å². The van der Waals surface area contributed by atoms with Gasteiger partial charge in [0.1, 0.15) is 5.84 Å². The number of nitrogens with zero attached hydrogens (tertiary/aromatic N) is 1. The van der Waals surface area contributed by atoms with Crippen molar-refractivity contribution < 1.29 is 9.59 Å². The molecule has 0 atom stereocenters. The van der Waals surface area contributed by atoms with E-state index in [9.17, 15) is 9.59 Å². The van der Waals surface area contributed by atoms with Crippen LogP contribution in [0.25, 0.3) is 6.08 Å². The Morgan fingerprint density at radius 1 is 1.17 bits per heavy atom. The molecule has 5 nitrogen and oxygen atoms in total. The van der Waals surface area contributed by atoms with Gasteiger partial charge in [-0.1, -0.05) is 42.5 Å². The Hall–Kier alpha value is -2.69. The fourth-order valence-electron chi connectivity index (χ4n) is 1.46. The number of rotatable bonds is 2. The molecule has 3 N–H and O–H groups in total. The summed E-state index contributed by atoms with van der Waals surface area (Å²) in [6, 6.07) is 8.86. The lowest BCUT2D eigenvalue weighted by Crippen LogP contribution is -2.40. The minimum Gasteiger partial charge on any atom is -0.383 e. The number of allylic oxidation sites excluding steroid dienone is 2. The van der Waals surface area contributed by atoms with Crippen LogP contribution in [-0.4, -0.2) is 17.8 Å². The number of nitrogens with one attached hydrogen (secondary N) is 1. The third-order valence-corrected chi connectivity index (χ3v) is 2.31. The number of amides is 3. The SMILES string of the molecule is NC1=NC(=O)NC(=O)/C1=C/C=C/c1ccccc1. The van der Waals surface area contributed by atoms with Crippen molar-refractivity contribution >= 4 is 23.8 Å². The molecule has 0 spiro atoms. The number of hydrogen-bond donors (Lipinski definition) is 2. The smallest absolute Gasteiger partial charge is 0.349 e. The summed E-state index contributed by atoms with van der Waals surface area (Å²) < 4.78 is 0. The predicted octanol–water partition coefficient (Wildman–Crippen LogP) is 1.23. The van der Waals surface area contributed by atoms with E-state index in [1.165, 1.54) is 6.08 Å². The zero-order valence-electron chi connectivity index (χ0n) is 9.46. The van der Waals surface area contributed by atoms with E-state index in [4.69, 9.17) is 5.73 Å². The van der Waals surface area contributed by atoms with Crippen molar-refractivity contribution in [1.29, 1.82) is 0 Å². The summed E-state index contributed by atoms with van der Waals surface area (Å²) in [5.74, 6) is -0.605. The number of carbonyl (C=O) groups is 2. The summed E-state index contributed by atoms with van der Waals surface area (Å²) in [6.45, 7) is 0. The molecule has 3 amide bonds. The first-order valence-electron chi connectivity index (χ1n) is 5.30. The number of urea groups is 1. The van der Waals surface area contributed by atoms with Gasteiger partial charge in [0, 0.05) is 0 Å². The molecule has 0 saturated carbocycles. The number of aliphatic imine (C=N–C) groups is 1. The van der Waals surface area contributed by atoms with Crippen LogP contribution in [0, 0.1) is 0 Å². The molecule has 0 bridgehead atoms. The number of imide groups is 1. The Labute approximate surface area is 104 Å². The maximum Gasteiger partial charge on any atom is 0.349 e. The van der Waals surface area contributed by atoms with Crippen LogP contribution >= 0.6 is 0 Å². The largest absolute Gasteiger partial charge is 0.383 e. The second-order valence-electron chi connectivity index (χ2n) is 3.61. The van der Waals surface area contributed by atoms with Crippen LogP contribution in [0.4, 0.5) is 4.79 Å². The Kier molecular flexibility index (Phi) is 3.33. The van der Waals surface area contributed by atoms with Crippen molar-refractivity contribution in [3.8, 4) is 0 Å². The van der Waals surface area contributed by atoms with E-state index in [0.717, 1.165) is 5.56 Å². The first kappa shape index (κ1) is 11.8. The molecule has 90 valence electrons. The lowest BCUT2D eigenvalue weighted by atomic mass is 10.1. The Balaban J connectivity index is 2.19. The molecule has 2 rings (SSSR count). The lowest BCUT2D eigenvalue weighted by molar-refractivity contribution is -0.116. The summed E-state index contributed by atoms with van der Waals surface area (Å²) in [7, 11) is 0. The Morgan fingerprint density at radius 3 is 2.56 bits per heavy atom. The highest BCUT2D eigenvalue weighted by atomic mass is 16.2. The maximum atomic E-state index is 11.5. The van der Waals surface area contributed by atoms with Gasteiger partial charge in [0.05, 0.1) is 5.57 Å². The van der Waals surface area contributed by atoms with Crippen LogP contribution in [0.15, 0.2) is 53.0 Å². The maximum absolute atomic E-state index is 11.5. The van der Waals surface area contributed by atoms with E-state index in [-0.39, 0.29) is 11.4 Å². The second-order valence-corrected chi connectivity index (χ2v) is 3.61. The van der Waals surface area contributed by atoms with Crippen LogP contribution in [0.2, 0.25) is 0 Å². The molecular formula is C13H11N3O2. The van der Waals surface area contributed by atoms with E-state index in [0.29, 0.717) is 0 Å². The van der Waals surface area contributed by atoms with Crippen molar-refractivity contribution in [2.45, 2.75) is 0 Å². The third kappa shape index (κ3) is 2.70. The number of carbonyl (C=O) groups excluding carboxylic acids is 2. The normalized spacial score (nSPS) is 18.0. The number of hydrogen-bond acceptors (Lipinski definition) is 3. The van der Waals surface area contributed by atoms with Gasteiger partial charge in [-0.15, -0.1) is 0 Å². The average molecular weight is 241 g/mol. The van der Waals surface area contributed by atoms with E-state index >= 15 is 0 Å². The van der Waals surface area contributed by atoms with Gasteiger partial charge in [-0.05, 0) is 11.6 Å². The zero-order chi connectivity index (χ0) is 13.0. The van der Waals surface area contributed by atoms with Crippen LogP contribution in [-0.2, 0) is 4.79 Å². The number of benzene rings is 1. The molecule has 1 heterocycles. The van der Waals surface area contributed by atoms with Crippen LogP contribution in [0.5, 0.6) is 0 Å². The van der Waals surface area contributed by atoms with Crippen molar-refractivity contribution in [3.63, 3.8) is 0 Å². The van der Waals surface area contributed by atoms with E-state index in [2.05, 4.69) is 10.3 Å². The molecule has 1 aliphatic heterocycles. The van der Waals surface area contributed by atoms with Gasteiger partial charge < -0.3 is 5.73 Å². The first-order valence-corrected chi connectivity index (χ1v) is 5.30. The van der Waals surface area contributed by atoms with Gasteiger partial charge in [-0.3, -0.25) is 10.1 Å². The minimum absolute atomic E-state index is 0.0681. The van der Waals surface area contributed by atoms with E-state index < -0.39 is 11.9 Å². The molecular weight excluding hydrogens is 230 g/mol. The standard InChI is InChI=1S/C13H11N3O2/c14-11-10(12(17)16-13(18)15-11)8-4-7-9-5-2-1-3-6-9/h1-8H,(H3,14,15,16,17,18)/b7-4+,10-8+. The first-order chi connectivity index (χ1) is 8.66. The quantitative estimate of drug-likeness (QED) is 0.764. The fourth-order valence-corrected chi connectivity index (χ4v) is 1.46. The molecule has 1 aromatic rings. The van der Waals surface area contributed by atoms with Gasteiger partial charge in [-0.2, -0.15) is 4.99 Å². The molecule has 0 unspecified atom stereocenters. The predicted molar refractivity (Wildman–Crippen MR) is 68.7 cm³/mol. The van der Waals surface area contributed by atoms with Gasteiger partial charge >= 0.3 is 6.03 Å². The summed E-state index contributed by atoms with van der Waals surface area (Å²) >= 11 is 0. The summed E-state index contributed by atoms with van der Waals surface area (Å²) in [5.41, 5.74) is 6.68. The third-order valence-electron chi connectivity index (χ3n) is 2.31. The molecule has 1 aromatic carbocycles. The summed E-state index contributed by atoms with van der Waals surface area (Å²) in [4.78, 5) is 25.8. The fraction of sp³-hybridized carbons (Fsp3) is 0. The monoisotopic (exact) mass is 241 g/mol. The zero-order valence-corrected chi connectivity index (χ0v) is 9.46. The van der Waals surface area contributed by atoms with Crippen LogP contribution < -0.4 is 11.1 Å². The molecule has 0 aliphatic carbocycles. The van der Waals surface area contributed by atoms with Crippen molar-refractivity contribution in [2.24, 2.45) is 10.7 Å². The number of amidine groups is 1. The van der Waals surface area contributed by atoms with Crippen LogP contribution in [0.3, 0.4) is 0 Å². The van der Waals surface area contributed by atoms with Gasteiger partial charge in [0.25, 0.3) is 5.91 Å². The Morgan fingerprint density at radius 2 is 1.89 bits per heavy atom.